The Balaban J connectivity index is 1.32. The Kier molecular flexibility index (Phi) is 10.8. The van der Waals surface area contributed by atoms with Gasteiger partial charge in [0.05, 0.1) is 22.9 Å². The zero-order chi connectivity index (χ0) is 38.9. The van der Waals surface area contributed by atoms with Gasteiger partial charge in [0.15, 0.2) is 5.78 Å². The first-order chi connectivity index (χ1) is 27.2. The Morgan fingerprint density at radius 2 is 0.946 bits per heavy atom. The van der Waals surface area contributed by atoms with Crippen LogP contribution in [0.5, 0.6) is 0 Å². The Labute approximate surface area is 325 Å². The highest BCUT2D eigenvalue weighted by Crippen LogP contribution is 2.44. The second-order valence-electron chi connectivity index (χ2n) is 15.3. The van der Waals surface area contributed by atoms with Crippen molar-refractivity contribution in [3.63, 3.8) is 0 Å². The zero-order valence-corrected chi connectivity index (χ0v) is 31.9. The van der Waals surface area contributed by atoms with Gasteiger partial charge in [0.2, 0.25) is 0 Å². The van der Waals surface area contributed by atoms with E-state index in [0.717, 1.165) is 63.2 Å². The Morgan fingerprint density at radius 1 is 0.571 bits per heavy atom. The largest absolute Gasteiger partial charge is 0.372 e. The van der Waals surface area contributed by atoms with E-state index in [0.29, 0.717) is 66.6 Å². The fourth-order valence-electron chi connectivity index (χ4n) is 9.02. The molecule has 0 amide bonds. The topological polar surface area (TPSA) is 49.3 Å². The molecule has 2 saturated heterocycles. The standard InChI is InChI=1S/C47H46F4N4O/c1-29-43(45(31-9-13-33(50)14-10-31)37-25-35(17-19-41(37)52-29)54-21-5-3-6-22-54)39(27-48)47(56)40(28-49)44-30(2)53-42-20-18-36(55-23-7-4-8-24-55)26-38(42)46(44)32-11-15-34(51)16-12-32/h9-20,25-26,39-40H,3-8,21-24,27-28H2,1-2H3. The number of nitrogens with zero attached hydrogens (tertiary/aromatic N) is 4. The van der Waals surface area contributed by atoms with E-state index < -0.39 is 42.6 Å². The van der Waals surface area contributed by atoms with Crippen LogP contribution >= 0.6 is 0 Å². The zero-order valence-electron chi connectivity index (χ0n) is 31.9. The number of anilines is 2. The molecule has 0 aliphatic carbocycles. The van der Waals surface area contributed by atoms with Crippen LogP contribution in [0.1, 0.15) is 72.9 Å². The molecule has 0 bridgehead atoms. The van der Waals surface area contributed by atoms with Gasteiger partial charge in [-0.25, -0.2) is 17.6 Å². The van der Waals surface area contributed by atoms with E-state index in [-0.39, 0.29) is 0 Å². The third kappa shape index (κ3) is 7.12. The van der Waals surface area contributed by atoms with E-state index in [4.69, 9.17) is 9.97 Å². The highest BCUT2D eigenvalue weighted by Gasteiger charge is 2.36. The van der Waals surface area contributed by atoms with Crippen molar-refractivity contribution in [2.45, 2.75) is 64.2 Å². The number of halogens is 4. The minimum absolute atomic E-state index is 0.355. The number of Topliss-reactive ketones (excluding diaryl/α,β-unsaturated/α-hetero) is 1. The summed E-state index contributed by atoms with van der Waals surface area (Å²) in [6, 6.07) is 24.0. The lowest BCUT2D eigenvalue weighted by Gasteiger charge is -2.30. The number of pyridine rings is 2. The lowest BCUT2D eigenvalue weighted by atomic mass is 9.78. The van der Waals surface area contributed by atoms with Crippen LogP contribution in [-0.2, 0) is 4.79 Å². The smallest absolute Gasteiger partial charge is 0.153 e. The molecule has 9 heteroatoms. The number of fused-ring (bicyclic) bond motifs is 2. The molecule has 4 aromatic carbocycles. The van der Waals surface area contributed by atoms with Crippen LogP contribution in [0.3, 0.4) is 0 Å². The van der Waals surface area contributed by atoms with Crippen molar-refractivity contribution < 1.29 is 22.4 Å². The van der Waals surface area contributed by atoms with E-state index in [9.17, 15) is 8.78 Å². The van der Waals surface area contributed by atoms with Gasteiger partial charge < -0.3 is 9.80 Å². The van der Waals surface area contributed by atoms with Crippen molar-refractivity contribution >= 4 is 39.0 Å². The Hall–Kier alpha value is -5.31. The normalized spacial score (nSPS) is 16.0. The quantitative estimate of drug-likeness (QED) is 0.130. The van der Waals surface area contributed by atoms with Crippen molar-refractivity contribution in [3.8, 4) is 22.3 Å². The van der Waals surface area contributed by atoms with Gasteiger partial charge in [-0.1, -0.05) is 24.3 Å². The number of alkyl halides is 2. The maximum atomic E-state index is 15.9. The molecular formula is C47H46F4N4O. The summed E-state index contributed by atoms with van der Waals surface area (Å²) >= 11 is 0. The maximum absolute atomic E-state index is 15.9. The van der Waals surface area contributed by atoms with Crippen LogP contribution in [0.15, 0.2) is 84.9 Å². The van der Waals surface area contributed by atoms with E-state index in [1.165, 1.54) is 37.1 Å². The molecule has 4 heterocycles. The first-order valence-electron chi connectivity index (χ1n) is 19.8. The van der Waals surface area contributed by atoms with Crippen molar-refractivity contribution in [3.05, 3.63) is 119 Å². The van der Waals surface area contributed by atoms with E-state index in [1.54, 1.807) is 38.1 Å². The number of rotatable bonds is 10. The minimum Gasteiger partial charge on any atom is -0.372 e. The van der Waals surface area contributed by atoms with E-state index in [1.807, 2.05) is 36.4 Å². The molecule has 0 spiro atoms. The van der Waals surface area contributed by atoms with Gasteiger partial charge in [0, 0.05) is 59.7 Å². The van der Waals surface area contributed by atoms with Crippen molar-refractivity contribution in [1.29, 1.82) is 0 Å². The minimum atomic E-state index is -1.40. The molecule has 2 aliphatic heterocycles. The van der Waals surface area contributed by atoms with Crippen LogP contribution < -0.4 is 9.80 Å². The molecule has 0 radical (unpaired) electrons. The van der Waals surface area contributed by atoms with E-state index in [2.05, 4.69) is 9.80 Å². The lowest BCUT2D eigenvalue weighted by molar-refractivity contribution is -0.122. The second-order valence-corrected chi connectivity index (χ2v) is 15.3. The van der Waals surface area contributed by atoms with Crippen molar-refractivity contribution in [2.24, 2.45) is 0 Å². The number of hydrogen-bond donors (Lipinski definition) is 0. The summed E-state index contributed by atoms with van der Waals surface area (Å²) in [7, 11) is 0. The van der Waals surface area contributed by atoms with Gasteiger partial charge in [0.1, 0.15) is 25.0 Å². The fraction of sp³-hybridized carbons (Fsp3) is 0.340. The number of carbonyl (C=O) groups is 1. The fourth-order valence-corrected chi connectivity index (χ4v) is 9.02. The number of benzene rings is 4. The number of carbonyl (C=O) groups excluding carboxylic acids is 1. The average molecular weight is 759 g/mol. The molecule has 0 N–H and O–H groups in total. The summed E-state index contributed by atoms with van der Waals surface area (Å²) in [5, 5.41) is 1.42. The Bertz CT molecular complexity index is 2220. The van der Waals surface area contributed by atoms with E-state index >= 15 is 13.6 Å². The SMILES string of the molecule is Cc1nc2ccc(N3CCCCC3)cc2c(-c2ccc(F)cc2)c1C(CF)C(=O)C(CF)c1c(C)nc2ccc(N3CCCCC3)cc2c1-c1ccc(F)cc1. The van der Waals surface area contributed by atoms with Crippen LogP contribution in [0.2, 0.25) is 0 Å². The molecule has 2 unspecified atom stereocenters. The first kappa shape index (κ1) is 37.6. The number of aromatic nitrogens is 2. The van der Waals surface area contributed by atoms with Crippen LogP contribution in [0.25, 0.3) is 44.1 Å². The summed E-state index contributed by atoms with van der Waals surface area (Å²) in [4.78, 5) is 29.6. The maximum Gasteiger partial charge on any atom is 0.153 e. The summed E-state index contributed by atoms with van der Waals surface area (Å²) < 4.78 is 60.5. The highest BCUT2D eigenvalue weighted by molar-refractivity contribution is 6.05. The second kappa shape index (κ2) is 16.0. The average Bonchev–Trinajstić information content (AvgIpc) is 3.23. The summed E-state index contributed by atoms with van der Waals surface area (Å²) in [6.07, 6.45) is 6.64. The predicted octanol–water partition coefficient (Wildman–Crippen LogP) is 11.4. The summed E-state index contributed by atoms with van der Waals surface area (Å²) in [5.41, 5.74) is 7.28. The molecule has 6 aromatic rings. The van der Waals surface area contributed by atoms with Crippen LogP contribution in [0.4, 0.5) is 28.9 Å². The van der Waals surface area contributed by atoms with Gasteiger partial charge in [-0.2, -0.15) is 0 Å². The molecule has 288 valence electrons. The lowest BCUT2D eigenvalue weighted by Crippen LogP contribution is -2.29. The number of piperidine rings is 2. The summed E-state index contributed by atoms with van der Waals surface area (Å²) in [6.45, 7) is 4.91. The highest BCUT2D eigenvalue weighted by atomic mass is 19.1. The molecule has 5 nitrogen and oxygen atoms in total. The molecule has 8 rings (SSSR count). The third-order valence-corrected chi connectivity index (χ3v) is 11.8. The van der Waals surface area contributed by atoms with Crippen molar-refractivity contribution in [1.82, 2.24) is 9.97 Å². The Morgan fingerprint density at radius 3 is 1.30 bits per heavy atom. The molecule has 56 heavy (non-hydrogen) atoms. The molecule has 2 aromatic heterocycles. The van der Waals surface area contributed by atoms with Gasteiger partial charge in [0.25, 0.3) is 0 Å². The number of hydrogen-bond acceptors (Lipinski definition) is 5. The van der Waals surface area contributed by atoms with Gasteiger partial charge in [-0.3, -0.25) is 14.8 Å². The van der Waals surface area contributed by atoms with Gasteiger partial charge in [-0.05, 0) is 146 Å². The monoisotopic (exact) mass is 758 g/mol. The molecule has 2 aliphatic rings. The molecule has 0 saturated carbocycles. The molecule has 2 fully saturated rings. The molecule has 2 atom stereocenters. The third-order valence-electron chi connectivity index (χ3n) is 11.8. The first-order valence-corrected chi connectivity index (χ1v) is 19.8. The predicted molar refractivity (Wildman–Crippen MR) is 218 cm³/mol. The van der Waals surface area contributed by atoms with Crippen LogP contribution in [-0.4, -0.2) is 55.3 Å². The summed E-state index contributed by atoms with van der Waals surface area (Å²) in [5.74, 6) is -4.30. The number of ketones is 1. The van der Waals surface area contributed by atoms with Gasteiger partial charge in [-0.15, -0.1) is 0 Å². The van der Waals surface area contributed by atoms with Gasteiger partial charge >= 0.3 is 0 Å². The molecular weight excluding hydrogens is 713 g/mol. The van der Waals surface area contributed by atoms with Crippen molar-refractivity contribution in [2.75, 3.05) is 49.3 Å². The van der Waals surface area contributed by atoms with Crippen LogP contribution in [0, 0.1) is 25.5 Å². The number of aryl methyl sites for hydroxylation is 2.